The summed E-state index contributed by atoms with van der Waals surface area (Å²) in [4.78, 5) is 25.0. The number of Topliss-reactive ketones (excluding diaryl/α,β-unsaturated/α-hetero) is 1. The zero-order chi connectivity index (χ0) is 10.1. The molecule has 0 spiro atoms. The average Bonchev–Trinajstić information content (AvgIpc) is 2.01. The summed E-state index contributed by atoms with van der Waals surface area (Å²) in [6.45, 7) is 5.49. The van der Waals surface area contributed by atoms with E-state index in [0.29, 0.717) is 5.56 Å². The van der Waals surface area contributed by atoms with E-state index in [4.69, 9.17) is 0 Å². The summed E-state index contributed by atoms with van der Waals surface area (Å²) >= 11 is 0. The highest BCUT2D eigenvalue weighted by Crippen LogP contribution is 2.19. The van der Waals surface area contributed by atoms with Crippen LogP contribution in [-0.4, -0.2) is 10.8 Å². The van der Waals surface area contributed by atoms with Gasteiger partial charge in [-0.1, -0.05) is 20.8 Å². The van der Waals surface area contributed by atoms with E-state index in [1.807, 2.05) is 20.8 Å². The van der Waals surface area contributed by atoms with Gasteiger partial charge < -0.3 is 4.98 Å². The number of pyridine rings is 1. The van der Waals surface area contributed by atoms with E-state index >= 15 is 0 Å². The highest BCUT2D eigenvalue weighted by atomic mass is 16.1. The number of H-pyrrole nitrogens is 1. The van der Waals surface area contributed by atoms with Crippen LogP contribution in [0.2, 0.25) is 0 Å². The standard InChI is InChI=1S/C10H13NO2/c1-10(2,3)9(13)7-4-5-11-8(12)6-7/h4-6H,1-3H3,(H,11,12). The fourth-order valence-electron chi connectivity index (χ4n) is 1.02. The lowest BCUT2D eigenvalue weighted by Crippen LogP contribution is -2.21. The molecule has 1 rings (SSSR count). The van der Waals surface area contributed by atoms with Crippen molar-refractivity contribution >= 4 is 5.78 Å². The summed E-state index contributed by atoms with van der Waals surface area (Å²) in [5.41, 5.74) is -0.209. The number of rotatable bonds is 1. The molecule has 0 aromatic carbocycles. The summed E-state index contributed by atoms with van der Waals surface area (Å²) in [6, 6.07) is 2.95. The van der Waals surface area contributed by atoms with Gasteiger partial charge in [0.2, 0.25) is 5.56 Å². The lowest BCUT2D eigenvalue weighted by molar-refractivity contribution is 0.0858. The Morgan fingerprint density at radius 2 is 2.00 bits per heavy atom. The van der Waals surface area contributed by atoms with Crippen LogP contribution < -0.4 is 5.56 Å². The van der Waals surface area contributed by atoms with E-state index in [9.17, 15) is 9.59 Å². The van der Waals surface area contributed by atoms with Crippen LogP contribution in [0.1, 0.15) is 31.1 Å². The van der Waals surface area contributed by atoms with Gasteiger partial charge in [0.15, 0.2) is 5.78 Å². The molecule has 0 saturated heterocycles. The van der Waals surface area contributed by atoms with Gasteiger partial charge in [0, 0.05) is 23.2 Å². The van der Waals surface area contributed by atoms with E-state index in [0.717, 1.165) is 0 Å². The van der Waals surface area contributed by atoms with Crippen molar-refractivity contribution in [2.75, 3.05) is 0 Å². The molecule has 0 saturated carbocycles. The number of hydrogen-bond donors (Lipinski definition) is 1. The molecule has 1 aromatic heterocycles. The van der Waals surface area contributed by atoms with Crippen LogP contribution in [0.25, 0.3) is 0 Å². The SMILES string of the molecule is CC(C)(C)C(=O)c1cc[nH]c(=O)c1. The van der Waals surface area contributed by atoms with Crippen LogP contribution in [0.4, 0.5) is 0 Å². The van der Waals surface area contributed by atoms with Gasteiger partial charge in [-0.2, -0.15) is 0 Å². The first-order valence-electron chi connectivity index (χ1n) is 4.15. The van der Waals surface area contributed by atoms with Gasteiger partial charge >= 0.3 is 0 Å². The van der Waals surface area contributed by atoms with Crippen molar-refractivity contribution in [3.63, 3.8) is 0 Å². The Labute approximate surface area is 76.8 Å². The fourth-order valence-corrected chi connectivity index (χ4v) is 1.02. The van der Waals surface area contributed by atoms with Crippen molar-refractivity contribution in [3.8, 4) is 0 Å². The molecule has 3 nitrogen and oxygen atoms in total. The second-order valence-corrected chi connectivity index (χ2v) is 4.02. The summed E-state index contributed by atoms with van der Waals surface area (Å²) in [5.74, 6) is -0.0152. The zero-order valence-electron chi connectivity index (χ0n) is 8.05. The Morgan fingerprint density at radius 1 is 1.38 bits per heavy atom. The maximum atomic E-state index is 11.7. The Hall–Kier alpha value is -1.38. The summed E-state index contributed by atoms with van der Waals surface area (Å²) < 4.78 is 0. The Balaban J connectivity index is 3.10. The first-order chi connectivity index (χ1) is 5.91. The first-order valence-corrected chi connectivity index (χ1v) is 4.15. The average molecular weight is 179 g/mol. The van der Waals surface area contributed by atoms with Gasteiger partial charge in [-0.05, 0) is 6.07 Å². The third-order valence-electron chi connectivity index (χ3n) is 1.72. The van der Waals surface area contributed by atoms with Crippen molar-refractivity contribution in [1.29, 1.82) is 0 Å². The predicted molar refractivity (Wildman–Crippen MR) is 50.8 cm³/mol. The van der Waals surface area contributed by atoms with Crippen LogP contribution in [0.15, 0.2) is 23.1 Å². The molecule has 0 atom stereocenters. The van der Waals surface area contributed by atoms with Crippen LogP contribution >= 0.6 is 0 Å². The lowest BCUT2D eigenvalue weighted by atomic mass is 9.87. The number of aromatic nitrogens is 1. The van der Waals surface area contributed by atoms with Gasteiger partial charge in [0.05, 0.1) is 0 Å². The van der Waals surface area contributed by atoms with Gasteiger partial charge in [-0.25, -0.2) is 0 Å². The fraction of sp³-hybridized carbons (Fsp3) is 0.400. The lowest BCUT2D eigenvalue weighted by Gasteiger charge is -2.15. The summed E-state index contributed by atoms with van der Waals surface area (Å²) in [7, 11) is 0. The molecule has 0 aliphatic rings. The zero-order valence-corrected chi connectivity index (χ0v) is 8.05. The van der Waals surface area contributed by atoms with E-state index in [2.05, 4.69) is 4.98 Å². The number of carbonyl (C=O) groups is 1. The molecule has 0 fully saturated rings. The molecule has 1 N–H and O–H groups in total. The van der Waals surface area contributed by atoms with Crippen molar-refractivity contribution < 1.29 is 4.79 Å². The van der Waals surface area contributed by atoms with Gasteiger partial charge in [-0.15, -0.1) is 0 Å². The minimum absolute atomic E-state index is 0.0152. The van der Waals surface area contributed by atoms with E-state index in [-0.39, 0.29) is 11.3 Å². The van der Waals surface area contributed by atoms with Gasteiger partial charge in [0.1, 0.15) is 0 Å². The van der Waals surface area contributed by atoms with Gasteiger partial charge in [0.25, 0.3) is 0 Å². The van der Waals surface area contributed by atoms with Crippen LogP contribution in [0, 0.1) is 5.41 Å². The molecule has 0 aliphatic carbocycles. The minimum Gasteiger partial charge on any atom is -0.329 e. The van der Waals surface area contributed by atoms with Crippen molar-refractivity contribution in [2.45, 2.75) is 20.8 Å². The maximum absolute atomic E-state index is 11.7. The molecule has 0 radical (unpaired) electrons. The minimum atomic E-state index is -0.437. The van der Waals surface area contributed by atoms with Crippen LogP contribution in [0.3, 0.4) is 0 Å². The molecule has 0 amide bonds. The Morgan fingerprint density at radius 3 is 2.46 bits per heavy atom. The first kappa shape index (κ1) is 9.71. The number of aromatic amines is 1. The molecule has 3 heteroatoms. The largest absolute Gasteiger partial charge is 0.329 e. The Kier molecular flexibility index (Phi) is 2.36. The second-order valence-electron chi connectivity index (χ2n) is 4.02. The molecule has 0 aliphatic heterocycles. The third-order valence-corrected chi connectivity index (χ3v) is 1.72. The Bertz CT molecular complexity index is 371. The van der Waals surface area contributed by atoms with Crippen molar-refractivity contribution in [3.05, 3.63) is 34.2 Å². The second kappa shape index (κ2) is 3.17. The van der Waals surface area contributed by atoms with Crippen LogP contribution in [0.5, 0.6) is 0 Å². The molecular weight excluding hydrogens is 166 g/mol. The van der Waals surface area contributed by atoms with Crippen LogP contribution in [-0.2, 0) is 0 Å². The third kappa shape index (κ3) is 2.28. The number of carbonyl (C=O) groups excluding carboxylic acids is 1. The number of nitrogens with one attached hydrogen (secondary N) is 1. The van der Waals surface area contributed by atoms with E-state index in [1.54, 1.807) is 6.07 Å². The molecule has 70 valence electrons. The summed E-state index contributed by atoms with van der Waals surface area (Å²) in [6.07, 6.45) is 1.49. The monoisotopic (exact) mass is 179 g/mol. The number of hydrogen-bond acceptors (Lipinski definition) is 2. The van der Waals surface area contributed by atoms with E-state index < -0.39 is 5.41 Å². The highest BCUT2D eigenvalue weighted by Gasteiger charge is 2.22. The molecule has 0 unspecified atom stereocenters. The van der Waals surface area contributed by atoms with E-state index in [1.165, 1.54) is 12.3 Å². The quantitative estimate of drug-likeness (QED) is 0.666. The summed E-state index contributed by atoms with van der Waals surface area (Å²) in [5, 5.41) is 0. The topological polar surface area (TPSA) is 49.9 Å². The van der Waals surface area contributed by atoms with Gasteiger partial charge in [-0.3, -0.25) is 9.59 Å². The smallest absolute Gasteiger partial charge is 0.248 e. The molecule has 1 heterocycles. The number of ketones is 1. The normalized spacial score (nSPS) is 11.3. The molecule has 13 heavy (non-hydrogen) atoms. The van der Waals surface area contributed by atoms with Crippen molar-refractivity contribution in [1.82, 2.24) is 4.98 Å². The highest BCUT2D eigenvalue weighted by molar-refractivity contribution is 5.99. The predicted octanol–water partition coefficient (Wildman–Crippen LogP) is 1.60. The molecule has 0 bridgehead atoms. The maximum Gasteiger partial charge on any atom is 0.248 e. The molecular formula is C10H13NO2. The molecule has 1 aromatic rings. The van der Waals surface area contributed by atoms with Crippen molar-refractivity contribution in [2.24, 2.45) is 5.41 Å².